The number of anilines is 1. The highest BCUT2D eigenvalue weighted by atomic mass is 16.1. The molecule has 5 rings (SSSR count). The van der Waals surface area contributed by atoms with Gasteiger partial charge >= 0.3 is 0 Å². The maximum absolute atomic E-state index is 11.9. The van der Waals surface area contributed by atoms with E-state index in [4.69, 9.17) is 0 Å². The summed E-state index contributed by atoms with van der Waals surface area (Å²) in [6.45, 7) is 2.15. The zero-order valence-electron chi connectivity index (χ0n) is 14.6. The zero-order chi connectivity index (χ0) is 18.2. The minimum absolute atomic E-state index is 0.154. The molecule has 0 aromatic carbocycles. The average Bonchev–Trinajstić information content (AvgIpc) is 3.39. The molecule has 27 heavy (non-hydrogen) atoms. The van der Waals surface area contributed by atoms with Gasteiger partial charge in [-0.25, -0.2) is 9.97 Å². The van der Waals surface area contributed by atoms with Crippen LogP contribution < -0.4 is 10.5 Å². The predicted molar refractivity (Wildman–Crippen MR) is 105 cm³/mol. The van der Waals surface area contributed by atoms with Gasteiger partial charge in [-0.3, -0.25) is 9.78 Å². The molecule has 5 heterocycles. The molecule has 0 bridgehead atoms. The van der Waals surface area contributed by atoms with E-state index in [-0.39, 0.29) is 5.56 Å². The fraction of sp³-hybridized carbons (Fsp3) is 0.200. The van der Waals surface area contributed by atoms with Gasteiger partial charge in [-0.2, -0.15) is 0 Å². The third-order valence-corrected chi connectivity index (χ3v) is 4.98. The van der Waals surface area contributed by atoms with Crippen LogP contribution >= 0.6 is 0 Å². The van der Waals surface area contributed by atoms with Gasteiger partial charge in [-0.15, -0.1) is 0 Å². The van der Waals surface area contributed by atoms with Gasteiger partial charge in [0.2, 0.25) is 0 Å². The van der Waals surface area contributed by atoms with Crippen molar-refractivity contribution in [2.45, 2.75) is 12.8 Å². The van der Waals surface area contributed by atoms with Crippen molar-refractivity contribution in [3.05, 3.63) is 59.4 Å². The van der Waals surface area contributed by atoms with Gasteiger partial charge in [0.15, 0.2) is 0 Å². The summed E-state index contributed by atoms with van der Waals surface area (Å²) in [6.07, 6.45) is 7.50. The molecule has 4 aromatic rings. The summed E-state index contributed by atoms with van der Waals surface area (Å²) in [7, 11) is 0. The number of hydrogen-bond donors (Lipinski definition) is 2. The van der Waals surface area contributed by atoms with Crippen molar-refractivity contribution in [1.82, 2.24) is 24.9 Å². The lowest BCUT2D eigenvalue weighted by Gasteiger charge is -2.16. The van der Waals surface area contributed by atoms with Crippen LogP contribution in [0.1, 0.15) is 12.8 Å². The molecule has 0 saturated carbocycles. The number of rotatable bonds is 3. The molecule has 0 atom stereocenters. The first-order valence-corrected chi connectivity index (χ1v) is 9.02. The van der Waals surface area contributed by atoms with Crippen LogP contribution in [0.4, 0.5) is 5.82 Å². The minimum Gasteiger partial charge on any atom is -0.357 e. The van der Waals surface area contributed by atoms with Crippen LogP contribution in [0.2, 0.25) is 0 Å². The van der Waals surface area contributed by atoms with Gasteiger partial charge in [0.05, 0.1) is 17.4 Å². The number of pyridine rings is 2. The molecule has 0 aliphatic carbocycles. The highest BCUT2D eigenvalue weighted by Gasteiger charge is 2.14. The average molecular weight is 358 g/mol. The van der Waals surface area contributed by atoms with Gasteiger partial charge in [0.1, 0.15) is 11.5 Å². The second kappa shape index (κ2) is 6.35. The molecule has 134 valence electrons. The fourth-order valence-corrected chi connectivity index (χ4v) is 3.53. The van der Waals surface area contributed by atoms with Crippen molar-refractivity contribution in [2.24, 2.45) is 0 Å². The Bertz CT molecular complexity index is 1160. The third-order valence-electron chi connectivity index (χ3n) is 4.98. The number of nitrogens with one attached hydrogen (secondary N) is 2. The number of nitrogens with zero attached hydrogens (tertiary/aromatic N) is 4. The lowest BCUT2D eigenvalue weighted by atomic mass is 10.1. The Kier molecular flexibility index (Phi) is 3.71. The van der Waals surface area contributed by atoms with Gasteiger partial charge in [0.25, 0.3) is 5.56 Å². The van der Waals surface area contributed by atoms with E-state index >= 15 is 0 Å². The summed E-state index contributed by atoms with van der Waals surface area (Å²) >= 11 is 0. The molecule has 1 aliphatic heterocycles. The molecular formula is C20H18N6O. The van der Waals surface area contributed by atoms with Crippen LogP contribution in [0.25, 0.3) is 33.5 Å². The number of aromatic amines is 2. The Morgan fingerprint density at radius 2 is 1.85 bits per heavy atom. The second-order valence-corrected chi connectivity index (χ2v) is 6.71. The summed E-state index contributed by atoms with van der Waals surface area (Å²) in [5.74, 6) is 1.02. The topological polar surface area (TPSA) is 90.6 Å². The first-order chi connectivity index (χ1) is 13.3. The van der Waals surface area contributed by atoms with Crippen LogP contribution in [0.3, 0.4) is 0 Å². The first-order valence-electron chi connectivity index (χ1n) is 9.02. The predicted octanol–water partition coefficient (Wildman–Crippen LogP) is 2.98. The number of H-pyrrole nitrogens is 2. The quantitative estimate of drug-likeness (QED) is 0.587. The normalized spacial score (nSPS) is 14.1. The van der Waals surface area contributed by atoms with Crippen molar-refractivity contribution in [3.63, 3.8) is 0 Å². The summed E-state index contributed by atoms with van der Waals surface area (Å²) in [4.78, 5) is 33.3. The van der Waals surface area contributed by atoms with Gasteiger partial charge in [0, 0.05) is 42.3 Å². The largest absolute Gasteiger partial charge is 0.357 e. The van der Waals surface area contributed by atoms with Crippen molar-refractivity contribution < 1.29 is 0 Å². The van der Waals surface area contributed by atoms with E-state index in [1.165, 1.54) is 19.2 Å². The first kappa shape index (κ1) is 15.7. The van der Waals surface area contributed by atoms with Gasteiger partial charge < -0.3 is 14.9 Å². The van der Waals surface area contributed by atoms with E-state index in [1.807, 2.05) is 24.4 Å². The minimum atomic E-state index is -0.154. The van der Waals surface area contributed by atoms with Crippen LogP contribution in [0.5, 0.6) is 0 Å². The lowest BCUT2D eigenvalue weighted by Crippen LogP contribution is -2.18. The molecule has 0 spiro atoms. The zero-order valence-corrected chi connectivity index (χ0v) is 14.6. The molecule has 0 radical (unpaired) electrons. The molecule has 1 aliphatic rings. The smallest absolute Gasteiger partial charge is 0.260 e. The maximum Gasteiger partial charge on any atom is 0.260 e. The Morgan fingerprint density at radius 1 is 0.963 bits per heavy atom. The SMILES string of the molecule is O=c1[nH]cnc2[nH]c(-c3ccnc(-c4ccc(N5CCCC5)nc4)c3)cc12. The van der Waals surface area contributed by atoms with Crippen LogP contribution in [0.15, 0.2) is 53.8 Å². The molecule has 4 aromatic heterocycles. The van der Waals surface area contributed by atoms with Crippen molar-refractivity contribution >= 4 is 16.9 Å². The fourth-order valence-electron chi connectivity index (χ4n) is 3.53. The van der Waals surface area contributed by atoms with Gasteiger partial charge in [-0.05, 0) is 43.2 Å². The van der Waals surface area contributed by atoms with E-state index in [0.29, 0.717) is 11.0 Å². The molecule has 1 fully saturated rings. The molecule has 7 nitrogen and oxygen atoms in total. The molecular weight excluding hydrogens is 340 g/mol. The summed E-state index contributed by atoms with van der Waals surface area (Å²) in [5.41, 5.74) is 4.00. The molecule has 0 amide bonds. The van der Waals surface area contributed by atoms with Crippen LogP contribution in [-0.4, -0.2) is 38.0 Å². The Morgan fingerprint density at radius 3 is 2.63 bits per heavy atom. The molecule has 7 heteroatoms. The number of aromatic nitrogens is 5. The Labute approximate surface area is 155 Å². The van der Waals surface area contributed by atoms with E-state index in [9.17, 15) is 4.79 Å². The third kappa shape index (κ3) is 2.87. The summed E-state index contributed by atoms with van der Waals surface area (Å²) in [5, 5.41) is 0.544. The second-order valence-electron chi connectivity index (χ2n) is 6.71. The number of hydrogen-bond acceptors (Lipinski definition) is 5. The van der Waals surface area contributed by atoms with E-state index in [0.717, 1.165) is 41.4 Å². The number of fused-ring (bicyclic) bond motifs is 1. The molecule has 1 saturated heterocycles. The molecule has 0 unspecified atom stereocenters. The van der Waals surface area contributed by atoms with Crippen LogP contribution in [-0.2, 0) is 0 Å². The van der Waals surface area contributed by atoms with Crippen LogP contribution in [0, 0.1) is 0 Å². The summed E-state index contributed by atoms with van der Waals surface area (Å²) in [6, 6.07) is 9.83. The highest BCUT2D eigenvalue weighted by Crippen LogP contribution is 2.26. The van der Waals surface area contributed by atoms with Gasteiger partial charge in [-0.1, -0.05) is 0 Å². The van der Waals surface area contributed by atoms with E-state index in [1.54, 1.807) is 6.20 Å². The monoisotopic (exact) mass is 358 g/mol. The standard InChI is InChI=1S/C20H18N6O/c27-20-15-10-17(25-19(15)23-12-24-20)13-5-6-21-16(9-13)14-3-4-18(22-11-14)26-7-1-2-8-26/h3-6,9-12H,1-2,7-8H2,(H2,23,24,25,27). The molecule has 2 N–H and O–H groups in total. The Hall–Kier alpha value is -3.48. The van der Waals surface area contributed by atoms with Crippen molar-refractivity contribution in [3.8, 4) is 22.5 Å². The lowest BCUT2D eigenvalue weighted by molar-refractivity contribution is 0.938. The maximum atomic E-state index is 11.9. The van der Waals surface area contributed by atoms with E-state index < -0.39 is 0 Å². The van der Waals surface area contributed by atoms with Crippen molar-refractivity contribution in [2.75, 3.05) is 18.0 Å². The summed E-state index contributed by atoms with van der Waals surface area (Å²) < 4.78 is 0. The van der Waals surface area contributed by atoms with Crippen molar-refractivity contribution in [1.29, 1.82) is 0 Å². The Balaban J connectivity index is 1.49. The highest BCUT2D eigenvalue weighted by molar-refractivity contribution is 5.82. The van der Waals surface area contributed by atoms with E-state index in [2.05, 4.69) is 42.0 Å².